The summed E-state index contributed by atoms with van der Waals surface area (Å²) in [6.45, 7) is 4.89. The maximum atomic E-state index is 5.53. The first-order valence-corrected chi connectivity index (χ1v) is 7.00. The van der Waals surface area contributed by atoms with Crippen molar-refractivity contribution in [3.63, 3.8) is 0 Å². The van der Waals surface area contributed by atoms with Gasteiger partial charge in [0.2, 0.25) is 0 Å². The van der Waals surface area contributed by atoms with Gasteiger partial charge < -0.3 is 9.73 Å². The second-order valence-electron chi connectivity index (χ2n) is 5.17. The lowest BCUT2D eigenvalue weighted by Gasteiger charge is -2.06. The Labute approximate surface area is 123 Å². The van der Waals surface area contributed by atoms with Crippen molar-refractivity contribution < 1.29 is 4.42 Å². The fourth-order valence-corrected chi connectivity index (χ4v) is 2.09. The Kier molecular flexibility index (Phi) is 3.83. The van der Waals surface area contributed by atoms with Crippen LogP contribution in [-0.2, 0) is 6.54 Å². The molecule has 0 aliphatic rings. The molecule has 108 valence electrons. The summed E-state index contributed by atoms with van der Waals surface area (Å²) in [6.07, 6.45) is 5.23. The topological polar surface area (TPSA) is 55.9 Å². The number of aromatic nitrogens is 3. The van der Waals surface area contributed by atoms with E-state index in [1.54, 1.807) is 6.20 Å². The van der Waals surface area contributed by atoms with Crippen LogP contribution in [0, 0.1) is 0 Å². The molecule has 0 fully saturated rings. The highest BCUT2D eigenvalue weighted by Crippen LogP contribution is 2.23. The van der Waals surface area contributed by atoms with Gasteiger partial charge in [-0.3, -0.25) is 0 Å². The van der Waals surface area contributed by atoms with Gasteiger partial charge in [0.1, 0.15) is 5.69 Å². The van der Waals surface area contributed by atoms with E-state index in [9.17, 15) is 0 Å². The van der Waals surface area contributed by atoms with Crippen molar-refractivity contribution >= 4 is 0 Å². The van der Waals surface area contributed by atoms with Crippen molar-refractivity contribution in [1.82, 2.24) is 20.1 Å². The van der Waals surface area contributed by atoms with Crippen molar-refractivity contribution in [2.75, 3.05) is 0 Å². The fourth-order valence-electron chi connectivity index (χ4n) is 2.09. The minimum absolute atomic E-state index is 0.404. The van der Waals surface area contributed by atoms with Crippen molar-refractivity contribution in [1.29, 1.82) is 0 Å². The number of nitrogens with zero attached hydrogens (tertiary/aromatic N) is 3. The quantitative estimate of drug-likeness (QED) is 0.781. The van der Waals surface area contributed by atoms with Crippen LogP contribution in [0.1, 0.15) is 19.5 Å². The molecule has 0 unspecified atom stereocenters. The van der Waals surface area contributed by atoms with Crippen LogP contribution in [0.2, 0.25) is 0 Å². The van der Waals surface area contributed by atoms with Gasteiger partial charge in [0.05, 0.1) is 17.4 Å². The molecular formula is C16H18N4O. The van der Waals surface area contributed by atoms with E-state index in [1.165, 1.54) is 6.39 Å². The molecule has 0 saturated carbocycles. The molecule has 0 aliphatic carbocycles. The van der Waals surface area contributed by atoms with Crippen molar-refractivity contribution in [3.8, 4) is 17.0 Å². The first-order chi connectivity index (χ1) is 10.2. The third-order valence-electron chi connectivity index (χ3n) is 3.18. The molecule has 0 amide bonds. The monoisotopic (exact) mass is 282 g/mol. The number of para-hydroxylation sites is 1. The van der Waals surface area contributed by atoms with E-state index < -0.39 is 0 Å². The zero-order chi connectivity index (χ0) is 14.7. The average molecular weight is 282 g/mol. The Hall–Kier alpha value is -2.40. The van der Waals surface area contributed by atoms with Crippen molar-refractivity contribution in [2.24, 2.45) is 0 Å². The third kappa shape index (κ3) is 3.03. The van der Waals surface area contributed by atoms with Crippen LogP contribution in [-0.4, -0.2) is 20.8 Å². The highest BCUT2D eigenvalue weighted by atomic mass is 16.3. The molecular weight excluding hydrogens is 264 g/mol. The summed E-state index contributed by atoms with van der Waals surface area (Å²) >= 11 is 0. The molecule has 1 N–H and O–H groups in total. The molecule has 0 spiro atoms. The van der Waals surface area contributed by atoms with E-state index >= 15 is 0 Å². The summed E-state index contributed by atoms with van der Waals surface area (Å²) in [7, 11) is 0. The first kappa shape index (κ1) is 13.6. The smallest absolute Gasteiger partial charge is 0.181 e. The molecule has 0 saturated heterocycles. The van der Waals surface area contributed by atoms with Crippen LogP contribution < -0.4 is 5.32 Å². The summed E-state index contributed by atoms with van der Waals surface area (Å²) < 4.78 is 7.36. The zero-order valence-corrected chi connectivity index (χ0v) is 12.2. The molecule has 0 radical (unpaired) electrons. The van der Waals surface area contributed by atoms with Gasteiger partial charge in [-0.15, -0.1) is 0 Å². The molecule has 0 aliphatic heterocycles. The maximum absolute atomic E-state index is 5.53. The summed E-state index contributed by atoms with van der Waals surface area (Å²) in [5, 5.41) is 7.73. The Morgan fingerprint density at radius 1 is 1.24 bits per heavy atom. The summed E-state index contributed by atoms with van der Waals surface area (Å²) in [6, 6.07) is 10.4. The molecule has 0 atom stereocenters. The summed E-state index contributed by atoms with van der Waals surface area (Å²) in [5.74, 6) is 0.769. The molecule has 3 aromatic rings. The molecule has 3 rings (SSSR count). The standard InChI is InChI=1S/C16H18N4O/c1-12(2)17-9-15-16(21-11-18-15)13-8-19-20(10-13)14-6-4-3-5-7-14/h3-8,10-12,17H,9H2,1-2H3. The molecule has 21 heavy (non-hydrogen) atoms. The van der Waals surface area contributed by atoms with Crippen LogP contribution in [0.3, 0.4) is 0 Å². The van der Waals surface area contributed by atoms with Crippen LogP contribution in [0.25, 0.3) is 17.0 Å². The lowest BCUT2D eigenvalue weighted by Crippen LogP contribution is -2.22. The normalized spacial score (nSPS) is 11.2. The summed E-state index contributed by atoms with van der Waals surface area (Å²) in [4.78, 5) is 4.28. The molecule has 5 heteroatoms. The average Bonchev–Trinajstić information content (AvgIpc) is 3.14. The number of nitrogens with one attached hydrogen (secondary N) is 1. The van der Waals surface area contributed by atoms with Gasteiger partial charge in [0, 0.05) is 18.8 Å². The minimum atomic E-state index is 0.404. The maximum Gasteiger partial charge on any atom is 0.181 e. The number of hydrogen-bond donors (Lipinski definition) is 1. The number of benzene rings is 1. The third-order valence-corrected chi connectivity index (χ3v) is 3.18. The van der Waals surface area contributed by atoms with E-state index in [4.69, 9.17) is 4.42 Å². The van der Waals surface area contributed by atoms with E-state index in [-0.39, 0.29) is 0 Å². The molecule has 0 bridgehead atoms. The molecule has 2 aromatic heterocycles. The highest BCUT2D eigenvalue weighted by Gasteiger charge is 2.13. The number of hydrogen-bond acceptors (Lipinski definition) is 4. The largest absolute Gasteiger partial charge is 0.443 e. The van der Waals surface area contributed by atoms with Gasteiger partial charge >= 0.3 is 0 Å². The second-order valence-corrected chi connectivity index (χ2v) is 5.17. The van der Waals surface area contributed by atoms with Gasteiger partial charge in [0.15, 0.2) is 12.2 Å². The molecule has 2 heterocycles. The van der Waals surface area contributed by atoms with Crippen LogP contribution in [0.5, 0.6) is 0 Å². The predicted molar refractivity (Wildman–Crippen MR) is 81.0 cm³/mol. The lowest BCUT2D eigenvalue weighted by molar-refractivity contribution is 0.563. The number of rotatable bonds is 5. The van der Waals surface area contributed by atoms with E-state index in [2.05, 4.69) is 29.2 Å². The first-order valence-electron chi connectivity index (χ1n) is 7.00. The van der Waals surface area contributed by atoms with Crippen LogP contribution in [0.4, 0.5) is 0 Å². The van der Waals surface area contributed by atoms with E-state index in [1.807, 2.05) is 41.2 Å². The van der Waals surface area contributed by atoms with Gasteiger partial charge in [-0.25, -0.2) is 9.67 Å². The lowest BCUT2D eigenvalue weighted by atomic mass is 10.2. The Morgan fingerprint density at radius 2 is 2.05 bits per heavy atom. The Morgan fingerprint density at radius 3 is 2.81 bits per heavy atom. The van der Waals surface area contributed by atoms with E-state index in [0.29, 0.717) is 12.6 Å². The van der Waals surface area contributed by atoms with Crippen molar-refractivity contribution in [2.45, 2.75) is 26.4 Å². The van der Waals surface area contributed by atoms with Crippen molar-refractivity contribution in [3.05, 3.63) is 54.8 Å². The van der Waals surface area contributed by atoms with Gasteiger partial charge in [-0.1, -0.05) is 32.0 Å². The Balaban J connectivity index is 1.85. The fraction of sp³-hybridized carbons (Fsp3) is 0.250. The van der Waals surface area contributed by atoms with E-state index in [0.717, 1.165) is 22.7 Å². The van der Waals surface area contributed by atoms with Gasteiger partial charge in [-0.2, -0.15) is 5.10 Å². The summed E-state index contributed by atoms with van der Waals surface area (Å²) in [5.41, 5.74) is 2.85. The molecule has 5 nitrogen and oxygen atoms in total. The van der Waals surface area contributed by atoms with Gasteiger partial charge in [-0.05, 0) is 12.1 Å². The van der Waals surface area contributed by atoms with Crippen LogP contribution >= 0.6 is 0 Å². The van der Waals surface area contributed by atoms with Crippen LogP contribution in [0.15, 0.2) is 53.5 Å². The Bertz CT molecular complexity index is 700. The van der Waals surface area contributed by atoms with Gasteiger partial charge in [0.25, 0.3) is 0 Å². The number of oxazole rings is 1. The molecule has 1 aromatic carbocycles. The zero-order valence-electron chi connectivity index (χ0n) is 12.2. The predicted octanol–water partition coefficient (Wildman–Crippen LogP) is 3.03. The highest BCUT2D eigenvalue weighted by molar-refractivity contribution is 5.58. The second kappa shape index (κ2) is 5.93. The minimum Gasteiger partial charge on any atom is -0.443 e. The SMILES string of the molecule is CC(C)NCc1ncoc1-c1cnn(-c2ccccc2)c1.